The van der Waals surface area contributed by atoms with Gasteiger partial charge in [-0.2, -0.15) is 13.2 Å². The lowest BCUT2D eigenvalue weighted by molar-refractivity contribution is -0.137. The number of benzene rings is 1. The maximum absolute atomic E-state index is 12.9. The number of aromatic amines is 1. The Morgan fingerprint density at radius 1 is 1.32 bits per heavy atom. The van der Waals surface area contributed by atoms with Crippen LogP contribution in [0.15, 0.2) is 35.3 Å². The van der Waals surface area contributed by atoms with Gasteiger partial charge in [0, 0.05) is 23.6 Å². The fourth-order valence-corrected chi connectivity index (χ4v) is 2.51. The van der Waals surface area contributed by atoms with Crippen LogP contribution in [0.3, 0.4) is 0 Å². The third-order valence-electron chi connectivity index (χ3n) is 3.40. The predicted molar refractivity (Wildman–Crippen MR) is 85.0 cm³/mol. The number of carbonyl (C=O) groups is 1. The van der Waals surface area contributed by atoms with Gasteiger partial charge in [-0.25, -0.2) is 9.50 Å². The number of nitrogens with zero attached hydrogens (tertiary/aromatic N) is 2. The maximum Gasteiger partial charge on any atom is 0.417 e. The molecule has 6 nitrogen and oxygen atoms in total. The van der Waals surface area contributed by atoms with Crippen LogP contribution in [-0.2, 0) is 6.18 Å². The van der Waals surface area contributed by atoms with Gasteiger partial charge in [0.15, 0.2) is 5.65 Å². The highest BCUT2D eigenvalue weighted by molar-refractivity contribution is 6.31. The highest BCUT2D eigenvalue weighted by Gasteiger charge is 2.33. The molecule has 2 aromatic heterocycles. The summed E-state index contributed by atoms with van der Waals surface area (Å²) in [5.41, 5.74) is -1.05. The number of nitrogens with one attached hydrogen (secondary N) is 2. The Balaban J connectivity index is 1.97. The standard InChI is InChI=1S/C15H10ClF3N4O2/c1-7-4-12(24)23-13(21-7)9(6-20-23)14(25)22-8-2-3-11(16)10(5-8)15(17,18)19/h2-6,20H,1H3,(H,22,25). The van der Waals surface area contributed by atoms with Crippen LogP contribution in [0.4, 0.5) is 18.9 Å². The fraction of sp³-hybridized carbons (Fsp3) is 0.133. The fourth-order valence-electron chi connectivity index (χ4n) is 2.28. The minimum atomic E-state index is -4.65. The average molecular weight is 371 g/mol. The van der Waals surface area contributed by atoms with E-state index in [-0.39, 0.29) is 16.9 Å². The van der Waals surface area contributed by atoms with E-state index >= 15 is 0 Å². The molecule has 10 heteroatoms. The Hall–Kier alpha value is -2.81. The van der Waals surface area contributed by atoms with Gasteiger partial charge in [-0.3, -0.25) is 14.7 Å². The van der Waals surface area contributed by atoms with Gasteiger partial charge in [0.05, 0.1) is 10.6 Å². The average Bonchev–Trinajstić information content (AvgIpc) is 2.92. The van der Waals surface area contributed by atoms with Crippen molar-refractivity contribution in [3.63, 3.8) is 0 Å². The molecule has 0 aliphatic carbocycles. The van der Waals surface area contributed by atoms with Crippen LogP contribution in [0, 0.1) is 6.92 Å². The molecule has 2 heterocycles. The van der Waals surface area contributed by atoms with E-state index in [9.17, 15) is 22.8 Å². The number of halogens is 4. The number of hydrogen-bond donors (Lipinski definition) is 2. The minimum Gasteiger partial charge on any atom is -0.322 e. The van der Waals surface area contributed by atoms with Crippen molar-refractivity contribution in [3.05, 3.63) is 62.7 Å². The molecule has 1 amide bonds. The molecule has 0 fully saturated rings. The van der Waals surface area contributed by atoms with Crippen LogP contribution in [0.2, 0.25) is 5.02 Å². The van der Waals surface area contributed by atoms with E-state index in [0.717, 1.165) is 16.6 Å². The van der Waals surface area contributed by atoms with Crippen molar-refractivity contribution >= 4 is 28.8 Å². The van der Waals surface area contributed by atoms with Crippen LogP contribution in [0.5, 0.6) is 0 Å². The largest absolute Gasteiger partial charge is 0.417 e. The van der Waals surface area contributed by atoms with Crippen molar-refractivity contribution in [2.24, 2.45) is 0 Å². The van der Waals surface area contributed by atoms with E-state index in [1.807, 2.05) is 0 Å². The van der Waals surface area contributed by atoms with Gasteiger partial charge >= 0.3 is 6.18 Å². The SMILES string of the molecule is Cc1cc(=O)n2[nH]cc(C(=O)Nc3ccc(Cl)c(C(F)(F)F)c3)c2n1. The molecule has 3 rings (SSSR count). The molecule has 0 aliphatic rings. The summed E-state index contributed by atoms with van der Waals surface area (Å²) in [4.78, 5) is 28.3. The highest BCUT2D eigenvalue weighted by atomic mass is 35.5. The lowest BCUT2D eigenvalue weighted by Gasteiger charge is -2.11. The second-order valence-electron chi connectivity index (χ2n) is 5.23. The van der Waals surface area contributed by atoms with Crippen LogP contribution < -0.4 is 10.9 Å². The first-order valence-electron chi connectivity index (χ1n) is 6.92. The lowest BCUT2D eigenvalue weighted by Crippen LogP contribution is -2.17. The van der Waals surface area contributed by atoms with E-state index in [4.69, 9.17) is 11.6 Å². The zero-order valence-corrected chi connectivity index (χ0v) is 13.4. The Labute approximate surface area is 143 Å². The van der Waals surface area contributed by atoms with Gasteiger partial charge in [0.1, 0.15) is 5.56 Å². The molecular weight excluding hydrogens is 361 g/mol. The first kappa shape index (κ1) is 17.0. The summed E-state index contributed by atoms with van der Waals surface area (Å²) in [7, 11) is 0. The molecule has 0 saturated heterocycles. The summed E-state index contributed by atoms with van der Waals surface area (Å²) < 4.78 is 39.7. The van der Waals surface area contributed by atoms with Crippen molar-refractivity contribution < 1.29 is 18.0 Å². The Bertz CT molecular complexity index is 1040. The Kier molecular flexibility index (Phi) is 4.03. The zero-order valence-electron chi connectivity index (χ0n) is 12.6. The molecule has 0 radical (unpaired) electrons. The summed E-state index contributed by atoms with van der Waals surface area (Å²) in [5.74, 6) is -0.716. The third-order valence-corrected chi connectivity index (χ3v) is 3.73. The number of hydrogen-bond acceptors (Lipinski definition) is 3. The quantitative estimate of drug-likeness (QED) is 0.726. The normalized spacial score (nSPS) is 11.7. The number of aryl methyl sites for hydroxylation is 1. The van der Waals surface area contributed by atoms with Gasteiger partial charge in [-0.15, -0.1) is 0 Å². The van der Waals surface area contributed by atoms with Gasteiger partial charge in [-0.05, 0) is 25.1 Å². The van der Waals surface area contributed by atoms with Crippen molar-refractivity contribution in [2.45, 2.75) is 13.1 Å². The van der Waals surface area contributed by atoms with Crippen molar-refractivity contribution in [2.75, 3.05) is 5.32 Å². The number of fused-ring (bicyclic) bond motifs is 1. The molecule has 0 spiro atoms. The summed E-state index contributed by atoms with van der Waals surface area (Å²) >= 11 is 5.54. The molecule has 1 aromatic carbocycles. The second kappa shape index (κ2) is 5.92. The van der Waals surface area contributed by atoms with Crippen LogP contribution in [0.1, 0.15) is 21.6 Å². The van der Waals surface area contributed by atoms with Gasteiger partial charge in [0.2, 0.25) is 0 Å². The summed E-state index contributed by atoms with van der Waals surface area (Å²) in [6, 6.07) is 4.30. The van der Waals surface area contributed by atoms with E-state index in [1.54, 1.807) is 6.92 Å². The number of rotatable bonds is 2. The monoisotopic (exact) mass is 370 g/mol. The Morgan fingerprint density at radius 2 is 2.04 bits per heavy atom. The molecule has 0 bridgehead atoms. The molecule has 0 unspecified atom stereocenters. The molecule has 0 saturated carbocycles. The van der Waals surface area contributed by atoms with Crippen LogP contribution in [-0.4, -0.2) is 20.5 Å². The van der Waals surface area contributed by atoms with Crippen LogP contribution >= 0.6 is 11.6 Å². The number of carbonyl (C=O) groups excluding carboxylic acids is 1. The molecule has 25 heavy (non-hydrogen) atoms. The lowest BCUT2D eigenvalue weighted by atomic mass is 10.2. The molecular formula is C15H10ClF3N4O2. The first-order valence-corrected chi connectivity index (χ1v) is 7.30. The first-order chi connectivity index (χ1) is 11.7. The second-order valence-corrected chi connectivity index (χ2v) is 5.64. The number of alkyl halides is 3. The van der Waals surface area contributed by atoms with Gasteiger partial charge < -0.3 is 5.32 Å². The smallest absolute Gasteiger partial charge is 0.322 e. The molecule has 2 N–H and O–H groups in total. The van der Waals surface area contributed by atoms with Gasteiger partial charge in [0.25, 0.3) is 11.5 Å². The topological polar surface area (TPSA) is 79.3 Å². The summed E-state index contributed by atoms with van der Waals surface area (Å²) in [6.45, 7) is 1.59. The van der Waals surface area contributed by atoms with Crippen molar-refractivity contribution in [1.29, 1.82) is 0 Å². The third kappa shape index (κ3) is 3.22. The molecule has 0 aliphatic heterocycles. The van der Waals surface area contributed by atoms with E-state index in [1.165, 1.54) is 18.3 Å². The number of aromatic nitrogens is 3. The number of H-pyrrole nitrogens is 1. The minimum absolute atomic E-state index is 0.0179. The molecule has 3 aromatic rings. The Morgan fingerprint density at radius 3 is 2.72 bits per heavy atom. The number of amides is 1. The predicted octanol–water partition coefficient (Wildman–Crippen LogP) is 3.26. The molecule has 0 atom stereocenters. The van der Waals surface area contributed by atoms with Gasteiger partial charge in [-0.1, -0.05) is 11.6 Å². The molecule has 130 valence electrons. The summed E-state index contributed by atoms with van der Waals surface area (Å²) in [6.07, 6.45) is -3.40. The number of anilines is 1. The van der Waals surface area contributed by atoms with E-state index < -0.39 is 28.2 Å². The van der Waals surface area contributed by atoms with Crippen molar-refractivity contribution in [1.82, 2.24) is 14.6 Å². The maximum atomic E-state index is 12.9. The van der Waals surface area contributed by atoms with E-state index in [2.05, 4.69) is 15.4 Å². The van der Waals surface area contributed by atoms with Crippen molar-refractivity contribution in [3.8, 4) is 0 Å². The zero-order chi connectivity index (χ0) is 18.4. The van der Waals surface area contributed by atoms with Crippen LogP contribution in [0.25, 0.3) is 5.65 Å². The van der Waals surface area contributed by atoms with E-state index in [0.29, 0.717) is 5.69 Å². The highest BCUT2D eigenvalue weighted by Crippen LogP contribution is 2.36. The summed E-state index contributed by atoms with van der Waals surface area (Å²) in [5, 5.41) is 4.45.